The van der Waals surface area contributed by atoms with Crippen molar-refractivity contribution >= 4 is 37.5 Å². The normalized spacial score (nSPS) is 16.1. The van der Waals surface area contributed by atoms with Crippen LogP contribution in [-0.4, -0.2) is 31.0 Å². The van der Waals surface area contributed by atoms with Crippen molar-refractivity contribution in [3.8, 4) is 5.75 Å². The van der Waals surface area contributed by atoms with E-state index in [0.29, 0.717) is 29.2 Å². The molecule has 1 fully saturated rings. The van der Waals surface area contributed by atoms with Crippen molar-refractivity contribution in [3.05, 3.63) is 60.1 Å². The molecule has 0 radical (unpaired) electrons. The third kappa shape index (κ3) is 4.12. The Morgan fingerprint density at radius 2 is 2.00 bits per heavy atom. The summed E-state index contributed by atoms with van der Waals surface area (Å²) in [7, 11) is 1.61. The first-order chi connectivity index (χ1) is 14.5. The zero-order valence-corrected chi connectivity index (χ0v) is 19.1. The number of thiophene rings is 1. The van der Waals surface area contributed by atoms with Crippen molar-refractivity contribution < 1.29 is 18.6 Å². The van der Waals surface area contributed by atoms with Gasteiger partial charge in [0.05, 0.1) is 28.9 Å². The van der Waals surface area contributed by atoms with E-state index in [0.717, 1.165) is 27.8 Å². The van der Waals surface area contributed by atoms with Gasteiger partial charge >= 0.3 is 11.4 Å². The van der Waals surface area contributed by atoms with Crippen LogP contribution in [0.15, 0.2) is 42.1 Å². The second kappa shape index (κ2) is 9.05. The van der Waals surface area contributed by atoms with E-state index in [2.05, 4.69) is 15.9 Å². The van der Waals surface area contributed by atoms with E-state index in [4.69, 9.17) is 18.6 Å². The summed E-state index contributed by atoms with van der Waals surface area (Å²) in [5.74, 6) is -0.0171. The Balaban J connectivity index is 1.79. The van der Waals surface area contributed by atoms with E-state index >= 15 is 0 Å². The number of para-hydroxylation sites is 1. The Hall–Kier alpha value is -1.94. The van der Waals surface area contributed by atoms with E-state index in [-0.39, 0.29) is 12.6 Å². The smallest absolute Gasteiger partial charge is 0.423 e. The highest BCUT2D eigenvalue weighted by atomic mass is 79.9. The predicted octanol–water partition coefficient (Wildman–Crippen LogP) is 4.03. The molecule has 1 aromatic carbocycles. The second-order valence-corrected chi connectivity index (χ2v) is 9.44. The minimum absolute atomic E-state index is 0.00684. The average molecular weight is 496 g/mol. The molecule has 1 aliphatic rings. The van der Waals surface area contributed by atoms with Gasteiger partial charge in [-0.1, -0.05) is 18.2 Å². The van der Waals surface area contributed by atoms with E-state index in [1.165, 1.54) is 15.9 Å². The first-order valence-corrected chi connectivity index (χ1v) is 11.3. The van der Waals surface area contributed by atoms with Gasteiger partial charge in [-0.05, 0) is 47.3 Å². The molecule has 0 N–H and O–H groups in total. The van der Waals surface area contributed by atoms with Crippen LogP contribution >= 0.6 is 27.3 Å². The summed E-state index contributed by atoms with van der Waals surface area (Å²) in [5, 5.41) is 0.413. The number of nitrogens with zero attached hydrogens (tertiary/aromatic N) is 1. The lowest BCUT2D eigenvalue weighted by molar-refractivity contribution is -0.0756. The maximum atomic E-state index is 12.7. The third-order valence-corrected chi connectivity index (χ3v) is 7.46. The number of aromatic nitrogens is 1. The molecule has 0 spiro atoms. The molecular formula is C21H22BrNO6S. The molecule has 1 unspecified atom stereocenters. The highest BCUT2D eigenvalue weighted by Gasteiger charge is 2.26. The molecule has 160 valence electrons. The summed E-state index contributed by atoms with van der Waals surface area (Å²) >= 11 is 4.81. The van der Waals surface area contributed by atoms with Crippen molar-refractivity contribution in [2.75, 3.05) is 20.3 Å². The highest BCUT2D eigenvalue weighted by molar-refractivity contribution is 9.11. The van der Waals surface area contributed by atoms with E-state index in [1.54, 1.807) is 7.11 Å². The van der Waals surface area contributed by atoms with E-state index in [1.807, 2.05) is 31.2 Å². The number of ether oxygens (including phenoxy) is 3. The topological polar surface area (TPSA) is 79.9 Å². The molecule has 0 aliphatic carbocycles. The fourth-order valence-corrected chi connectivity index (χ4v) is 5.37. The fourth-order valence-electron chi connectivity index (χ4n) is 3.68. The maximum Gasteiger partial charge on any atom is 0.423 e. The largest absolute Gasteiger partial charge is 0.496 e. The lowest BCUT2D eigenvalue weighted by atomic mass is 10.1. The molecule has 0 amide bonds. The van der Waals surface area contributed by atoms with Gasteiger partial charge in [0.25, 0.3) is 0 Å². The minimum atomic E-state index is -0.697. The molecule has 0 saturated carbocycles. The van der Waals surface area contributed by atoms with Crippen LogP contribution < -0.4 is 16.1 Å². The molecule has 3 heterocycles. The van der Waals surface area contributed by atoms with Gasteiger partial charge in [-0.3, -0.25) is 4.57 Å². The number of fused-ring (bicyclic) bond motifs is 1. The molecule has 4 rings (SSSR count). The number of hydrogen-bond donors (Lipinski definition) is 0. The zero-order valence-electron chi connectivity index (χ0n) is 16.7. The first kappa shape index (κ1) is 21.3. The monoisotopic (exact) mass is 495 g/mol. The Bertz CT molecular complexity index is 1160. The highest BCUT2D eigenvalue weighted by Crippen LogP contribution is 2.35. The Morgan fingerprint density at radius 1 is 1.27 bits per heavy atom. The number of methoxy groups -OCH3 is 1. The summed E-state index contributed by atoms with van der Waals surface area (Å²) in [6.45, 7) is 3.31. The molecule has 30 heavy (non-hydrogen) atoms. The summed E-state index contributed by atoms with van der Waals surface area (Å²) in [4.78, 5) is 25.5. The molecule has 2 aromatic heterocycles. The van der Waals surface area contributed by atoms with Crippen molar-refractivity contribution in [3.63, 3.8) is 0 Å². The standard InChI is InChI=1S/C21H22BrNO6S/c1-12-17-19(30-18(12)22)23(21(25)29-20(17)24)11-16(28-13-7-9-27-10-8-13)14-5-3-4-6-15(14)26-2/h3-6,13,16H,7-11H2,1-2H3. The Kier molecular flexibility index (Phi) is 6.43. The van der Waals surface area contributed by atoms with Gasteiger partial charge in [-0.25, -0.2) is 9.59 Å². The third-order valence-electron chi connectivity index (χ3n) is 5.28. The van der Waals surface area contributed by atoms with Crippen LogP contribution in [0.25, 0.3) is 10.2 Å². The summed E-state index contributed by atoms with van der Waals surface area (Å²) < 4.78 is 24.7. The van der Waals surface area contributed by atoms with Gasteiger partial charge in [0.1, 0.15) is 16.7 Å². The molecule has 0 bridgehead atoms. The quantitative estimate of drug-likeness (QED) is 0.513. The number of aryl methyl sites for hydroxylation is 1. The van der Waals surface area contributed by atoms with E-state index in [9.17, 15) is 9.59 Å². The fraction of sp³-hybridized carbons (Fsp3) is 0.429. The lowest BCUT2D eigenvalue weighted by Gasteiger charge is -2.29. The van der Waals surface area contributed by atoms with Gasteiger partial charge in [-0.2, -0.15) is 0 Å². The van der Waals surface area contributed by atoms with Crippen LogP contribution in [-0.2, 0) is 16.0 Å². The van der Waals surface area contributed by atoms with Gasteiger partial charge in [-0.15, -0.1) is 11.3 Å². The van der Waals surface area contributed by atoms with Gasteiger partial charge in [0.15, 0.2) is 0 Å². The second-order valence-electron chi connectivity index (χ2n) is 7.13. The Morgan fingerprint density at radius 3 is 2.73 bits per heavy atom. The molecule has 9 heteroatoms. The number of rotatable bonds is 6. The lowest BCUT2D eigenvalue weighted by Crippen LogP contribution is -2.31. The van der Waals surface area contributed by atoms with Gasteiger partial charge in [0.2, 0.25) is 0 Å². The molecule has 3 aromatic rings. The maximum absolute atomic E-state index is 12.7. The molecule has 1 aliphatic heterocycles. The summed E-state index contributed by atoms with van der Waals surface area (Å²) in [6, 6.07) is 7.60. The van der Waals surface area contributed by atoms with Gasteiger partial charge < -0.3 is 18.6 Å². The first-order valence-electron chi connectivity index (χ1n) is 9.68. The van der Waals surface area contributed by atoms with Crippen molar-refractivity contribution in [1.82, 2.24) is 4.57 Å². The van der Waals surface area contributed by atoms with Crippen molar-refractivity contribution in [2.45, 2.75) is 38.5 Å². The SMILES string of the molecule is COc1ccccc1C(Cn1c(=O)oc(=O)c2c(C)c(Br)sc21)OC1CCOCC1. The zero-order chi connectivity index (χ0) is 21.3. The van der Waals surface area contributed by atoms with Crippen molar-refractivity contribution in [1.29, 1.82) is 0 Å². The number of hydrogen-bond acceptors (Lipinski definition) is 7. The van der Waals surface area contributed by atoms with Crippen LogP contribution in [0.4, 0.5) is 0 Å². The average Bonchev–Trinajstić information content (AvgIpc) is 3.05. The van der Waals surface area contributed by atoms with Crippen LogP contribution in [0.5, 0.6) is 5.75 Å². The van der Waals surface area contributed by atoms with Crippen LogP contribution in [0, 0.1) is 6.92 Å². The molecular weight excluding hydrogens is 474 g/mol. The van der Waals surface area contributed by atoms with Crippen LogP contribution in [0.2, 0.25) is 0 Å². The molecule has 1 atom stereocenters. The van der Waals surface area contributed by atoms with E-state index < -0.39 is 17.5 Å². The van der Waals surface area contributed by atoms with Gasteiger partial charge in [0, 0.05) is 18.8 Å². The van der Waals surface area contributed by atoms with Crippen LogP contribution in [0.1, 0.15) is 30.1 Å². The molecule has 7 nitrogen and oxygen atoms in total. The molecule has 1 saturated heterocycles. The minimum Gasteiger partial charge on any atom is -0.496 e. The van der Waals surface area contributed by atoms with Crippen LogP contribution in [0.3, 0.4) is 0 Å². The summed E-state index contributed by atoms with van der Waals surface area (Å²) in [6.07, 6.45) is 1.11. The predicted molar refractivity (Wildman–Crippen MR) is 118 cm³/mol. The Labute approximate surface area is 185 Å². The number of benzene rings is 1. The summed E-state index contributed by atoms with van der Waals surface area (Å²) in [5.41, 5.74) is 0.978. The van der Waals surface area contributed by atoms with Crippen molar-refractivity contribution in [2.24, 2.45) is 0 Å². The number of halogens is 1.